The van der Waals surface area contributed by atoms with E-state index in [0.29, 0.717) is 15.5 Å². The predicted octanol–water partition coefficient (Wildman–Crippen LogP) is 3.68. The topological polar surface area (TPSA) is 3.24 Å². The van der Waals surface area contributed by atoms with E-state index in [-0.39, 0.29) is 13.1 Å². The Morgan fingerprint density at radius 2 is 1.73 bits per heavy atom. The van der Waals surface area contributed by atoms with Crippen molar-refractivity contribution in [1.82, 2.24) is 4.90 Å². The largest absolute Gasteiger partial charge is 0.460 e. The average Bonchev–Trinajstić information content (AvgIpc) is 2.15. The molecule has 0 atom stereocenters. The van der Waals surface area contributed by atoms with Gasteiger partial charge in [0.2, 0.25) is 0 Å². The molecule has 15 heavy (non-hydrogen) atoms. The molecule has 0 fully saturated rings. The van der Waals surface area contributed by atoms with Gasteiger partial charge in [0.25, 0.3) is 0 Å². The molecule has 1 aromatic rings. The summed E-state index contributed by atoms with van der Waals surface area (Å²) in [6.07, 6.45) is -4.28. The van der Waals surface area contributed by atoms with Crippen LogP contribution in [-0.2, 0) is 6.54 Å². The van der Waals surface area contributed by atoms with Crippen LogP contribution in [0.4, 0.5) is 13.2 Å². The summed E-state index contributed by atoms with van der Waals surface area (Å²) in [5.74, 6) is 0. The lowest BCUT2D eigenvalue weighted by Gasteiger charge is -2.23. The summed E-state index contributed by atoms with van der Waals surface area (Å²) in [7, 11) is 0. The minimum absolute atomic E-state index is 0.0634. The molecule has 0 saturated carbocycles. The van der Waals surface area contributed by atoms with Crippen molar-refractivity contribution in [2.24, 2.45) is 0 Å². The van der Waals surface area contributed by atoms with Gasteiger partial charge in [-0.15, -0.1) is 0 Å². The molecule has 0 aliphatic heterocycles. The second-order valence-electron chi connectivity index (χ2n) is 3.11. The standard InChI is InChI=1S/C10H11ClF3N/c1-2-15(10(12,13)14)7-8-3-5-9(11)6-4-8/h3-6H,2,7H2,1H3. The number of halogens is 4. The molecule has 0 N–H and O–H groups in total. The zero-order valence-corrected chi connectivity index (χ0v) is 8.94. The molecule has 0 radical (unpaired) electrons. The van der Waals surface area contributed by atoms with Gasteiger partial charge in [0.15, 0.2) is 0 Å². The summed E-state index contributed by atoms with van der Waals surface area (Å²) < 4.78 is 37.2. The van der Waals surface area contributed by atoms with E-state index in [2.05, 4.69) is 0 Å². The molecule has 0 aromatic heterocycles. The van der Waals surface area contributed by atoms with Crippen LogP contribution in [0.15, 0.2) is 24.3 Å². The molecule has 84 valence electrons. The third-order valence-corrected chi connectivity index (χ3v) is 2.28. The van der Waals surface area contributed by atoms with Gasteiger partial charge < -0.3 is 0 Å². The maximum atomic E-state index is 12.4. The summed E-state index contributed by atoms with van der Waals surface area (Å²) in [5.41, 5.74) is 0.596. The first-order valence-electron chi connectivity index (χ1n) is 4.49. The maximum absolute atomic E-state index is 12.4. The van der Waals surface area contributed by atoms with Gasteiger partial charge in [-0.3, -0.25) is 0 Å². The van der Waals surface area contributed by atoms with Crippen molar-refractivity contribution < 1.29 is 13.2 Å². The van der Waals surface area contributed by atoms with E-state index < -0.39 is 6.30 Å². The van der Waals surface area contributed by atoms with Gasteiger partial charge in [-0.05, 0) is 17.7 Å². The molecule has 0 spiro atoms. The third-order valence-electron chi connectivity index (χ3n) is 2.03. The predicted molar refractivity (Wildman–Crippen MR) is 53.6 cm³/mol. The molecule has 0 unspecified atom stereocenters. The van der Waals surface area contributed by atoms with Crippen molar-refractivity contribution in [2.45, 2.75) is 19.8 Å². The van der Waals surface area contributed by atoms with Crippen molar-refractivity contribution in [3.63, 3.8) is 0 Å². The molecule has 0 amide bonds. The minimum Gasteiger partial charge on any atom is -0.210 e. The Bertz CT molecular complexity index is 307. The summed E-state index contributed by atoms with van der Waals surface area (Å²) >= 11 is 5.64. The van der Waals surface area contributed by atoms with Crippen molar-refractivity contribution in [3.8, 4) is 0 Å². The van der Waals surface area contributed by atoms with Crippen molar-refractivity contribution in [2.75, 3.05) is 6.54 Å². The van der Waals surface area contributed by atoms with E-state index in [4.69, 9.17) is 11.6 Å². The zero-order valence-electron chi connectivity index (χ0n) is 8.18. The Hall–Kier alpha value is -0.740. The summed E-state index contributed by atoms with van der Waals surface area (Å²) in [5, 5.41) is 0.522. The number of benzene rings is 1. The summed E-state index contributed by atoms with van der Waals surface area (Å²) in [6.45, 7) is 1.27. The van der Waals surface area contributed by atoms with Crippen LogP contribution >= 0.6 is 11.6 Å². The van der Waals surface area contributed by atoms with Gasteiger partial charge in [0, 0.05) is 18.1 Å². The van der Waals surface area contributed by atoms with Gasteiger partial charge in [-0.2, -0.15) is 13.2 Å². The average molecular weight is 238 g/mol. The molecule has 0 aliphatic rings. The number of rotatable bonds is 3. The monoisotopic (exact) mass is 237 g/mol. The molecule has 0 aliphatic carbocycles. The Morgan fingerprint density at radius 1 is 1.20 bits per heavy atom. The fourth-order valence-electron chi connectivity index (χ4n) is 1.19. The van der Waals surface area contributed by atoms with E-state index in [9.17, 15) is 13.2 Å². The quantitative estimate of drug-likeness (QED) is 0.725. The molecule has 1 nitrogen and oxygen atoms in total. The number of hydrogen-bond acceptors (Lipinski definition) is 1. The Labute approximate surface area is 91.5 Å². The fraction of sp³-hybridized carbons (Fsp3) is 0.400. The second kappa shape index (κ2) is 4.86. The van der Waals surface area contributed by atoms with Crippen LogP contribution in [0.2, 0.25) is 5.02 Å². The van der Waals surface area contributed by atoms with Crippen LogP contribution in [0.3, 0.4) is 0 Å². The van der Waals surface area contributed by atoms with Gasteiger partial charge in [-0.25, -0.2) is 4.90 Å². The van der Waals surface area contributed by atoms with Gasteiger partial charge >= 0.3 is 6.30 Å². The lowest BCUT2D eigenvalue weighted by molar-refractivity contribution is -0.247. The fourth-order valence-corrected chi connectivity index (χ4v) is 1.32. The normalized spacial score (nSPS) is 12.1. The number of nitrogens with zero attached hydrogens (tertiary/aromatic N) is 1. The van der Waals surface area contributed by atoms with Crippen LogP contribution in [0.5, 0.6) is 0 Å². The van der Waals surface area contributed by atoms with E-state index in [1.807, 2.05) is 0 Å². The van der Waals surface area contributed by atoms with Crippen LogP contribution in [-0.4, -0.2) is 17.7 Å². The molecule has 0 saturated heterocycles. The molecular formula is C10H11ClF3N. The van der Waals surface area contributed by atoms with Crippen molar-refractivity contribution in [3.05, 3.63) is 34.9 Å². The van der Waals surface area contributed by atoms with E-state index >= 15 is 0 Å². The van der Waals surface area contributed by atoms with Crippen LogP contribution in [0.1, 0.15) is 12.5 Å². The summed E-state index contributed by atoms with van der Waals surface area (Å²) in [6, 6.07) is 6.36. The van der Waals surface area contributed by atoms with E-state index in [1.54, 1.807) is 24.3 Å². The Morgan fingerprint density at radius 3 is 2.13 bits per heavy atom. The molecule has 5 heteroatoms. The van der Waals surface area contributed by atoms with Crippen LogP contribution in [0, 0.1) is 0 Å². The molecule has 0 bridgehead atoms. The minimum atomic E-state index is -4.28. The van der Waals surface area contributed by atoms with Gasteiger partial charge in [0.1, 0.15) is 0 Å². The van der Waals surface area contributed by atoms with E-state index in [1.165, 1.54) is 6.92 Å². The number of hydrogen-bond donors (Lipinski definition) is 0. The first-order chi connectivity index (χ1) is 6.93. The van der Waals surface area contributed by atoms with Crippen molar-refractivity contribution >= 4 is 11.6 Å². The zero-order chi connectivity index (χ0) is 11.5. The molecule has 1 rings (SSSR count). The SMILES string of the molecule is CCN(Cc1ccc(Cl)cc1)C(F)(F)F. The highest BCUT2D eigenvalue weighted by atomic mass is 35.5. The Balaban J connectivity index is 2.71. The first-order valence-corrected chi connectivity index (χ1v) is 4.87. The first kappa shape index (κ1) is 12.3. The lowest BCUT2D eigenvalue weighted by Crippen LogP contribution is -2.37. The smallest absolute Gasteiger partial charge is 0.210 e. The maximum Gasteiger partial charge on any atom is 0.460 e. The third kappa shape index (κ3) is 3.72. The lowest BCUT2D eigenvalue weighted by atomic mass is 10.2. The highest BCUT2D eigenvalue weighted by Gasteiger charge is 2.35. The van der Waals surface area contributed by atoms with E-state index in [0.717, 1.165) is 0 Å². The molecule has 1 aromatic carbocycles. The Kier molecular flexibility index (Phi) is 3.99. The highest BCUT2D eigenvalue weighted by Crippen LogP contribution is 2.23. The summed E-state index contributed by atoms with van der Waals surface area (Å²) in [4.78, 5) is 0.441. The second-order valence-corrected chi connectivity index (χ2v) is 3.54. The molecule has 0 heterocycles. The highest BCUT2D eigenvalue weighted by molar-refractivity contribution is 6.30. The molecular weight excluding hydrogens is 227 g/mol. The van der Waals surface area contributed by atoms with Crippen molar-refractivity contribution in [1.29, 1.82) is 0 Å². The van der Waals surface area contributed by atoms with Crippen LogP contribution in [0.25, 0.3) is 0 Å². The van der Waals surface area contributed by atoms with Gasteiger partial charge in [0.05, 0.1) is 0 Å². The van der Waals surface area contributed by atoms with Gasteiger partial charge in [-0.1, -0.05) is 30.7 Å². The van der Waals surface area contributed by atoms with Crippen LogP contribution < -0.4 is 0 Å². The number of alkyl halides is 3.